The second-order valence-corrected chi connectivity index (χ2v) is 9.41. The molecular formula is C21H27BrIN3OS. The van der Waals surface area contributed by atoms with Gasteiger partial charge in [-0.1, -0.05) is 58.4 Å². The molecule has 1 aliphatic rings. The molecule has 0 bridgehead atoms. The van der Waals surface area contributed by atoms with E-state index >= 15 is 0 Å². The Hall–Kier alpha value is -0.930. The molecule has 0 heterocycles. The van der Waals surface area contributed by atoms with Gasteiger partial charge in [0.2, 0.25) is 0 Å². The van der Waals surface area contributed by atoms with Gasteiger partial charge in [0, 0.05) is 52.3 Å². The Labute approximate surface area is 195 Å². The van der Waals surface area contributed by atoms with Crippen molar-refractivity contribution >= 4 is 56.7 Å². The van der Waals surface area contributed by atoms with E-state index in [0.29, 0.717) is 18.1 Å². The summed E-state index contributed by atoms with van der Waals surface area (Å²) < 4.78 is 13.4. The van der Waals surface area contributed by atoms with Gasteiger partial charge in [0.15, 0.2) is 5.96 Å². The van der Waals surface area contributed by atoms with E-state index in [1.807, 2.05) is 30.3 Å². The number of hydrogen-bond donors (Lipinski definition) is 2. The number of hydrogen-bond acceptors (Lipinski definition) is 2. The van der Waals surface area contributed by atoms with Gasteiger partial charge in [-0.05, 0) is 36.1 Å². The molecule has 1 fully saturated rings. The SMILES string of the molecule is CN=C(NCCS(=O)Cc1ccccc1)NCC1(c2cccc(Br)c2)CC1.I. The van der Waals surface area contributed by atoms with Crippen LogP contribution in [0.15, 0.2) is 64.1 Å². The third-order valence-electron chi connectivity index (χ3n) is 4.90. The Balaban J connectivity index is 0.00000280. The maximum absolute atomic E-state index is 12.2. The van der Waals surface area contributed by atoms with Gasteiger partial charge in [-0.2, -0.15) is 0 Å². The van der Waals surface area contributed by atoms with Crippen LogP contribution in [-0.2, 0) is 22.0 Å². The van der Waals surface area contributed by atoms with Crippen LogP contribution in [0.25, 0.3) is 0 Å². The van der Waals surface area contributed by atoms with Crippen LogP contribution in [0.5, 0.6) is 0 Å². The average molecular weight is 576 g/mol. The van der Waals surface area contributed by atoms with Crippen LogP contribution < -0.4 is 10.6 Å². The molecule has 0 radical (unpaired) electrons. The zero-order valence-corrected chi connectivity index (χ0v) is 20.7. The first kappa shape index (κ1) is 23.3. The van der Waals surface area contributed by atoms with Crippen LogP contribution in [0.4, 0.5) is 0 Å². The summed E-state index contributed by atoms with van der Waals surface area (Å²) >= 11 is 3.56. The standard InChI is InChI=1S/C21H26BrN3OS.HI/c1-23-20(24-12-13-27(26)15-17-6-3-2-4-7-17)25-16-21(10-11-21)18-8-5-9-19(22)14-18;/h2-9,14H,10-13,15-16H2,1H3,(H2,23,24,25);1H. The molecule has 1 saturated carbocycles. The van der Waals surface area contributed by atoms with E-state index in [1.165, 1.54) is 18.4 Å². The summed E-state index contributed by atoms with van der Waals surface area (Å²) in [5.41, 5.74) is 2.68. The van der Waals surface area contributed by atoms with Gasteiger partial charge in [0.1, 0.15) is 0 Å². The Morgan fingerprint density at radius 1 is 1.14 bits per heavy atom. The van der Waals surface area contributed by atoms with Crippen LogP contribution in [0.3, 0.4) is 0 Å². The zero-order valence-electron chi connectivity index (χ0n) is 16.0. The molecule has 1 atom stereocenters. The average Bonchev–Trinajstić information content (AvgIpc) is 3.46. The molecule has 0 amide bonds. The highest BCUT2D eigenvalue weighted by atomic mass is 127. The molecular weight excluding hydrogens is 549 g/mol. The van der Waals surface area contributed by atoms with Crippen LogP contribution in [0.2, 0.25) is 0 Å². The predicted octanol–water partition coefficient (Wildman–Crippen LogP) is 4.21. The summed E-state index contributed by atoms with van der Waals surface area (Å²) in [5, 5.41) is 6.72. The fraction of sp³-hybridized carbons (Fsp3) is 0.381. The van der Waals surface area contributed by atoms with Crippen molar-refractivity contribution in [3.8, 4) is 0 Å². The van der Waals surface area contributed by atoms with E-state index in [4.69, 9.17) is 0 Å². The highest BCUT2D eigenvalue weighted by Gasteiger charge is 2.44. The minimum absolute atomic E-state index is 0. The largest absolute Gasteiger partial charge is 0.356 e. The van der Waals surface area contributed by atoms with Crippen LogP contribution in [0.1, 0.15) is 24.0 Å². The van der Waals surface area contributed by atoms with Crippen molar-refractivity contribution in [3.05, 3.63) is 70.2 Å². The number of benzene rings is 2. The molecule has 152 valence electrons. The molecule has 4 nitrogen and oxygen atoms in total. The van der Waals surface area contributed by atoms with Crippen LogP contribution in [-0.4, -0.2) is 36.1 Å². The molecule has 0 aromatic heterocycles. The van der Waals surface area contributed by atoms with Crippen molar-refractivity contribution in [2.45, 2.75) is 24.0 Å². The van der Waals surface area contributed by atoms with Gasteiger partial charge >= 0.3 is 0 Å². The summed E-state index contributed by atoms with van der Waals surface area (Å²) in [6, 6.07) is 18.5. The van der Waals surface area contributed by atoms with Crippen LogP contribution >= 0.6 is 39.9 Å². The van der Waals surface area contributed by atoms with Crippen molar-refractivity contribution < 1.29 is 4.21 Å². The smallest absolute Gasteiger partial charge is 0.191 e. The van der Waals surface area contributed by atoms with Gasteiger partial charge in [-0.15, -0.1) is 24.0 Å². The molecule has 1 aliphatic carbocycles. The first-order valence-corrected chi connectivity index (χ1v) is 11.5. The minimum atomic E-state index is -0.881. The van der Waals surface area contributed by atoms with E-state index in [-0.39, 0.29) is 29.4 Å². The topological polar surface area (TPSA) is 53.5 Å². The second kappa shape index (κ2) is 11.3. The normalized spacial score (nSPS) is 16.0. The fourth-order valence-electron chi connectivity index (χ4n) is 3.13. The van der Waals surface area contributed by atoms with Gasteiger partial charge in [0.25, 0.3) is 0 Å². The molecule has 28 heavy (non-hydrogen) atoms. The van der Waals surface area contributed by atoms with E-state index < -0.39 is 10.8 Å². The third-order valence-corrected chi connectivity index (χ3v) is 6.71. The molecule has 7 heteroatoms. The highest BCUT2D eigenvalue weighted by Crippen LogP contribution is 2.48. The highest BCUT2D eigenvalue weighted by molar-refractivity contribution is 14.0. The number of nitrogens with one attached hydrogen (secondary N) is 2. The quantitative estimate of drug-likeness (QED) is 0.282. The molecule has 0 aliphatic heterocycles. The Morgan fingerprint density at radius 2 is 1.89 bits per heavy atom. The lowest BCUT2D eigenvalue weighted by Gasteiger charge is -2.19. The Kier molecular flexibility index (Phi) is 9.43. The third kappa shape index (κ3) is 6.84. The number of guanidine groups is 1. The first-order valence-electron chi connectivity index (χ1n) is 9.21. The molecule has 0 saturated heterocycles. The number of nitrogens with zero attached hydrogens (tertiary/aromatic N) is 1. The predicted molar refractivity (Wildman–Crippen MR) is 133 cm³/mol. The summed E-state index contributed by atoms with van der Waals surface area (Å²) in [4.78, 5) is 4.30. The lowest BCUT2D eigenvalue weighted by molar-refractivity contribution is 0.646. The van der Waals surface area contributed by atoms with Gasteiger partial charge in [-0.3, -0.25) is 9.20 Å². The van der Waals surface area contributed by atoms with E-state index in [2.05, 4.69) is 55.8 Å². The van der Waals surface area contributed by atoms with Crippen LogP contribution in [0, 0.1) is 0 Å². The van der Waals surface area contributed by atoms with Gasteiger partial charge in [0.05, 0.1) is 0 Å². The van der Waals surface area contributed by atoms with Crippen molar-refractivity contribution in [2.24, 2.45) is 4.99 Å². The van der Waals surface area contributed by atoms with E-state index in [0.717, 1.165) is 22.5 Å². The fourth-order valence-corrected chi connectivity index (χ4v) is 4.56. The molecule has 3 rings (SSSR count). The van der Waals surface area contributed by atoms with Crippen molar-refractivity contribution in [2.75, 3.05) is 25.9 Å². The number of aliphatic imine (C=N–C) groups is 1. The van der Waals surface area contributed by atoms with E-state index in [9.17, 15) is 4.21 Å². The number of halogens is 2. The summed E-state index contributed by atoms with van der Waals surface area (Å²) in [6.07, 6.45) is 2.38. The molecule has 2 aromatic carbocycles. The first-order chi connectivity index (χ1) is 13.1. The Morgan fingerprint density at radius 3 is 2.54 bits per heavy atom. The monoisotopic (exact) mass is 575 g/mol. The summed E-state index contributed by atoms with van der Waals surface area (Å²) in [6.45, 7) is 1.50. The maximum Gasteiger partial charge on any atom is 0.191 e. The van der Waals surface area contributed by atoms with E-state index in [1.54, 1.807) is 7.05 Å². The summed E-state index contributed by atoms with van der Waals surface area (Å²) in [5.74, 6) is 1.97. The lowest BCUT2D eigenvalue weighted by atomic mass is 9.96. The molecule has 2 N–H and O–H groups in total. The second-order valence-electron chi connectivity index (χ2n) is 6.92. The lowest BCUT2D eigenvalue weighted by Crippen LogP contribution is -2.42. The molecule has 1 unspecified atom stereocenters. The minimum Gasteiger partial charge on any atom is -0.356 e. The summed E-state index contributed by atoms with van der Waals surface area (Å²) in [7, 11) is 0.892. The number of rotatable bonds is 8. The maximum atomic E-state index is 12.2. The zero-order chi connectivity index (χ0) is 19.1. The Bertz CT molecular complexity index is 812. The van der Waals surface area contributed by atoms with Gasteiger partial charge in [-0.25, -0.2) is 0 Å². The molecule has 2 aromatic rings. The van der Waals surface area contributed by atoms with Gasteiger partial charge < -0.3 is 10.6 Å². The molecule has 0 spiro atoms. The van der Waals surface area contributed by atoms with Crippen molar-refractivity contribution in [3.63, 3.8) is 0 Å². The van der Waals surface area contributed by atoms with Crippen molar-refractivity contribution in [1.29, 1.82) is 0 Å². The van der Waals surface area contributed by atoms with Crippen molar-refractivity contribution in [1.82, 2.24) is 10.6 Å².